The SMILES string of the molecule is CC(C)(C)c1ccc(O[C@@H](Cc2ccc(OCCO)cc2)C(=O)/N=C(\CO)c2ccccc2)cc1. The van der Waals surface area contributed by atoms with Gasteiger partial charge in [0, 0.05) is 6.42 Å². The summed E-state index contributed by atoms with van der Waals surface area (Å²) < 4.78 is 11.5. The predicted octanol–water partition coefficient (Wildman–Crippen LogP) is 4.35. The number of carbonyl (C=O) groups is 1. The highest BCUT2D eigenvalue weighted by Gasteiger charge is 2.23. The molecule has 0 heterocycles. The first-order valence-corrected chi connectivity index (χ1v) is 11.7. The number of ether oxygens (including phenoxy) is 2. The molecule has 6 heteroatoms. The standard InChI is InChI=1S/C29H33NO5/c1-29(2,3)23-11-15-25(16-12-23)35-27(19-21-9-13-24(14-10-21)34-18-17-31)28(33)30-26(20-32)22-7-5-4-6-8-22/h4-16,27,31-32H,17-20H2,1-3H3/b30-26+/t27-/m0/s1. The summed E-state index contributed by atoms with van der Waals surface area (Å²) in [5.41, 5.74) is 3.01. The van der Waals surface area contributed by atoms with Crippen molar-refractivity contribution in [3.63, 3.8) is 0 Å². The van der Waals surface area contributed by atoms with Crippen molar-refractivity contribution in [3.05, 3.63) is 95.6 Å². The van der Waals surface area contributed by atoms with E-state index in [1.807, 2.05) is 54.6 Å². The summed E-state index contributed by atoms with van der Waals surface area (Å²) in [5.74, 6) is 0.729. The van der Waals surface area contributed by atoms with Gasteiger partial charge in [0.25, 0.3) is 5.91 Å². The van der Waals surface area contributed by atoms with Crippen LogP contribution in [0.4, 0.5) is 0 Å². The van der Waals surface area contributed by atoms with Crippen molar-refractivity contribution < 1.29 is 24.5 Å². The molecule has 0 aromatic heterocycles. The summed E-state index contributed by atoms with van der Waals surface area (Å²) in [6, 6.07) is 24.1. The Morgan fingerprint density at radius 3 is 2.09 bits per heavy atom. The van der Waals surface area contributed by atoms with E-state index in [9.17, 15) is 9.90 Å². The molecule has 0 radical (unpaired) electrons. The number of rotatable bonds is 10. The molecular weight excluding hydrogens is 442 g/mol. The zero-order chi connectivity index (χ0) is 25.3. The zero-order valence-corrected chi connectivity index (χ0v) is 20.5. The molecular formula is C29H33NO5. The lowest BCUT2D eigenvalue weighted by Gasteiger charge is -2.21. The van der Waals surface area contributed by atoms with Crippen LogP contribution >= 0.6 is 0 Å². The molecule has 0 aliphatic rings. The highest BCUT2D eigenvalue weighted by molar-refractivity contribution is 6.08. The molecule has 3 aromatic rings. The summed E-state index contributed by atoms with van der Waals surface area (Å²) in [4.78, 5) is 17.5. The number of hydrogen-bond acceptors (Lipinski definition) is 5. The molecule has 35 heavy (non-hydrogen) atoms. The molecule has 0 aliphatic carbocycles. The van der Waals surface area contributed by atoms with E-state index in [-0.39, 0.29) is 31.7 Å². The molecule has 6 nitrogen and oxygen atoms in total. The Morgan fingerprint density at radius 1 is 0.886 bits per heavy atom. The Labute approximate surface area is 206 Å². The van der Waals surface area contributed by atoms with Crippen molar-refractivity contribution in [2.24, 2.45) is 4.99 Å². The second kappa shape index (κ2) is 12.3. The predicted molar refractivity (Wildman–Crippen MR) is 137 cm³/mol. The zero-order valence-electron chi connectivity index (χ0n) is 20.5. The van der Waals surface area contributed by atoms with E-state index in [1.54, 1.807) is 24.3 Å². The van der Waals surface area contributed by atoms with Crippen LogP contribution in [0.2, 0.25) is 0 Å². The fourth-order valence-electron chi connectivity index (χ4n) is 3.50. The second-order valence-corrected chi connectivity index (χ2v) is 9.22. The van der Waals surface area contributed by atoms with Gasteiger partial charge in [-0.25, -0.2) is 4.99 Å². The molecule has 3 rings (SSSR count). The largest absolute Gasteiger partial charge is 0.491 e. The molecule has 184 valence electrons. The quantitative estimate of drug-likeness (QED) is 0.426. The minimum absolute atomic E-state index is 0.00357. The van der Waals surface area contributed by atoms with Crippen molar-refractivity contribution in [2.75, 3.05) is 19.8 Å². The van der Waals surface area contributed by atoms with Gasteiger partial charge in [-0.15, -0.1) is 0 Å². The van der Waals surface area contributed by atoms with Gasteiger partial charge in [-0.1, -0.05) is 75.4 Å². The molecule has 0 fully saturated rings. The van der Waals surface area contributed by atoms with Gasteiger partial charge in [0.05, 0.1) is 18.9 Å². The van der Waals surface area contributed by atoms with Crippen LogP contribution < -0.4 is 9.47 Å². The lowest BCUT2D eigenvalue weighted by molar-refractivity contribution is -0.124. The summed E-state index contributed by atoms with van der Waals surface area (Å²) in [6.45, 7) is 6.20. The van der Waals surface area contributed by atoms with Crippen LogP contribution in [0.3, 0.4) is 0 Å². The Kier molecular flexibility index (Phi) is 9.18. The van der Waals surface area contributed by atoms with Crippen LogP contribution in [0.25, 0.3) is 0 Å². The average molecular weight is 476 g/mol. The normalized spacial score (nSPS) is 12.8. The van der Waals surface area contributed by atoms with Gasteiger partial charge in [0.15, 0.2) is 6.10 Å². The first-order chi connectivity index (χ1) is 16.8. The Balaban J connectivity index is 1.85. The van der Waals surface area contributed by atoms with Gasteiger partial charge in [0.1, 0.15) is 18.1 Å². The van der Waals surface area contributed by atoms with Gasteiger partial charge in [-0.3, -0.25) is 4.79 Å². The number of benzene rings is 3. The van der Waals surface area contributed by atoms with Crippen LogP contribution in [-0.2, 0) is 16.6 Å². The van der Waals surface area contributed by atoms with Crippen molar-refractivity contribution in [2.45, 2.75) is 38.7 Å². The Morgan fingerprint density at radius 2 is 1.51 bits per heavy atom. The third-order valence-corrected chi connectivity index (χ3v) is 5.48. The minimum atomic E-state index is -0.884. The first kappa shape index (κ1) is 26.1. The van der Waals surface area contributed by atoms with E-state index in [4.69, 9.17) is 14.6 Å². The Hall–Kier alpha value is -3.48. The van der Waals surface area contributed by atoms with Gasteiger partial charge < -0.3 is 19.7 Å². The maximum absolute atomic E-state index is 13.3. The number of amides is 1. The van der Waals surface area contributed by atoms with Crippen LogP contribution in [0.5, 0.6) is 11.5 Å². The first-order valence-electron chi connectivity index (χ1n) is 11.7. The molecule has 0 saturated heterocycles. The fraction of sp³-hybridized carbons (Fsp3) is 0.310. The maximum atomic E-state index is 13.3. The molecule has 0 aliphatic heterocycles. The molecule has 2 N–H and O–H groups in total. The number of hydrogen-bond donors (Lipinski definition) is 2. The van der Waals surface area contributed by atoms with E-state index < -0.39 is 12.0 Å². The van der Waals surface area contributed by atoms with Crippen molar-refractivity contribution in [1.82, 2.24) is 0 Å². The smallest absolute Gasteiger partial charge is 0.287 e. The minimum Gasteiger partial charge on any atom is -0.491 e. The summed E-state index contributed by atoms with van der Waals surface area (Å²) >= 11 is 0. The molecule has 1 atom stereocenters. The Bertz CT molecular complexity index is 1100. The van der Waals surface area contributed by atoms with E-state index >= 15 is 0 Å². The fourth-order valence-corrected chi connectivity index (χ4v) is 3.50. The molecule has 1 amide bonds. The third kappa shape index (κ3) is 7.77. The average Bonchev–Trinajstić information content (AvgIpc) is 2.86. The topological polar surface area (TPSA) is 88.4 Å². The summed E-state index contributed by atoms with van der Waals surface area (Å²) in [7, 11) is 0. The van der Waals surface area contributed by atoms with Gasteiger partial charge in [0.2, 0.25) is 0 Å². The van der Waals surface area contributed by atoms with Crippen LogP contribution in [-0.4, -0.2) is 47.8 Å². The number of carbonyl (C=O) groups excluding carboxylic acids is 1. The molecule has 0 spiro atoms. The number of aliphatic hydroxyl groups excluding tert-OH is 2. The maximum Gasteiger partial charge on any atom is 0.287 e. The lowest BCUT2D eigenvalue weighted by atomic mass is 9.87. The highest BCUT2D eigenvalue weighted by atomic mass is 16.5. The number of aliphatic imine (C=N–C) groups is 1. The molecule has 0 unspecified atom stereocenters. The summed E-state index contributed by atoms with van der Waals surface area (Å²) in [6.07, 6.45) is -0.595. The van der Waals surface area contributed by atoms with Gasteiger partial charge in [-0.05, 0) is 46.4 Å². The summed E-state index contributed by atoms with van der Waals surface area (Å²) in [5, 5.41) is 18.8. The lowest BCUT2D eigenvalue weighted by Crippen LogP contribution is -2.30. The van der Waals surface area contributed by atoms with E-state index in [2.05, 4.69) is 25.8 Å². The van der Waals surface area contributed by atoms with E-state index in [1.165, 1.54) is 0 Å². The second-order valence-electron chi connectivity index (χ2n) is 9.22. The molecule has 0 saturated carbocycles. The highest BCUT2D eigenvalue weighted by Crippen LogP contribution is 2.25. The van der Waals surface area contributed by atoms with Crippen molar-refractivity contribution >= 4 is 11.6 Å². The third-order valence-electron chi connectivity index (χ3n) is 5.48. The molecule has 0 bridgehead atoms. The van der Waals surface area contributed by atoms with Gasteiger partial charge in [-0.2, -0.15) is 0 Å². The van der Waals surface area contributed by atoms with Gasteiger partial charge >= 0.3 is 0 Å². The van der Waals surface area contributed by atoms with Crippen molar-refractivity contribution in [1.29, 1.82) is 0 Å². The van der Waals surface area contributed by atoms with E-state index in [0.717, 1.165) is 11.1 Å². The molecule has 3 aromatic carbocycles. The van der Waals surface area contributed by atoms with Crippen molar-refractivity contribution in [3.8, 4) is 11.5 Å². The number of nitrogens with zero attached hydrogens (tertiary/aromatic N) is 1. The monoisotopic (exact) mass is 475 g/mol. The number of aliphatic hydroxyl groups is 2. The van der Waals surface area contributed by atoms with Crippen LogP contribution in [0.15, 0.2) is 83.9 Å². The van der Waals surface area contributed by atoms with Crippen LogP contribution in [0.1, 0.15) is 37.5 Å². The van der Waals surface area contributed by atoms with Crippen LogP contribution in [0, 0.1) is 0 Å². The van der Waals surface area contributed by atoms with E-state index in [0.29, 0.717) is 22.8 Å².